The van der Waals surface area contributed by atoms with E-state index in [0.29, 0.717) is 16.5 Å². The van der Waals surface area contributed by atoms with Crippen LogP contribution in [-0.2, 0) is 0 Å². The zero-order chi connectivity index (χ0) is 17.1. The van der Waals surface area contributed by atoms with Gasteiger partial charge in [-0.05, 0) is 24.6 Å². The number of benzene rings is 2. The SMILES string of the molecule is COc1cc(Cl)c(C)cc1NC(=O)c1cc([N+](=O)[O-])ccc1Cl. The zero-order valence-corrected chi connectivity index (χ0v) is 13.7. The lowest BCUT2D eigenvalue weighted by atomic mass is 10.1. The van der Waals surface area contributed by atoms with Gasteiger partial charge in [0.1, 0.15) is 5.75 Å². The number of amides is 1. The molecule has 6 nitrogen and oxygen atoms in total. The summed E-state index contributed by atoms with van der Waals surface area (Å²) in [7, 11) is 1.44. The number of hydrogen-bond donors (Lipinski definition) is 1. The predicted molar refractivity (Wildman–Crippen MR) is 88.8 cm³/mol. The van der Waals surface area contributed by atoms with Gasteiger partial charge in [0.25, 0.3) is 11.6 Å². The van der Waals surface area contributed by atoms with Crippen molar-refractivity contribution in [2.45, 2.75) is 6.92 Å². The van der Waals surface area contributed by atoms with Crippen LogP contribution in [-0.4, -0.2) is 17.9 Å². The molecule has 2 aromatic rings. The van der Waals surface area contributed by atoms with Crippen LogP contribution < -0.4 is 10.1 Å². The van der Waals surface area contributed by atoms with Crippen LogP contribution in [0.25, 0.3) is 0 Å². The Bertz CT molecular complexity index is 793. The van der Waals surface area contributed by atoms with Crippen molar-refractivity contribution in [3.05, 3.63) is 61.6 Å². The molecule has 1 amide bonds. The number of methoxy groups -OCH3 is 1. The topological polar surface area (TPSA) is 81.5 Å². The monoisotopic (exact) mass is 354 g/mol. The highest BCUT2D eigenvalue weighted by Gasteiger charge is 2.18. The number of hydrogen-bond acceptors (Lipinski definition) is 4. The number of carbonyl (C=O) groups is 1. The summed E-state index contributed by atoms with van der Waals surface area (Å²) in [6.45, 7) is 1.78. The largest absolute Gasteiger partial charge is 0.495 e. The van der Waals surface area contributed by atoms with Crippen molar-refractivity contribution in [1.82, 2.24) is 0 Å². The van der Waals surface area contributed by atoms with Gasteiger partial charge in [-0.25, -0.2) is 0 Å². The fraction of sp³-hybridized carbons (Fsp3) is 0.133. The average molecular weight is 355 g/mol. The standard InChI is InChI=1S/C15H12Cl2N2O4/c1-8-5-13(14(23-2)7-12(8)17)18-15(20)10-6-9(19(21)22)3-4-11(10)16/h3-7H,1-2H3,(H,18,20). The summed E-state index contributed by atoms with van der Waals surface area (Å²) in [5, 5.41) is 14.0. The van der Waals surface area contributed by atoms with Crippen molar-refractivity contribution >= 4 is 40.5 Å². The summed E-state index contributed by atoms with van der Waals surface area (Å²) < 4.78 is 5.17. The molecule has 0 atom stereocenters. The summed E-state index contributed by atoms with van der Waals surface area (Å²) in [4.78, 5) is 22.6. The van der Waals surface area contributed by atoms with Crippen molar-refractivity contribution < 1.29 is 14.5 Å². The minimum Gasteiger partial charge on any atom is -0.495 e. The third-order valence-corrected chi connectivity index (χ3v) is 3.87. The molecular formula is C15H12Cl2N2O4. The lowest BCUT2D eigenvalue weighted by molar-refractivity contribution is -0.384. The van der Waals surface area contributed by atoms with Gasteiger partial charge in [-0.15, -0.1) is 0 Å². The summed E-state index contributed by atoms with van der Waals surface area (Å²) >= 11 is 12.0. The van der Waals surface area contributed by atoms with Crippen molar-refractivity contribution in [3.63, 3.8) is 0 Å². The first-order valence-corrected chi connectivity index (χ1v) is 7.18. The van der Waals surface area contributed by atoms with Crippen LogP contribution in [0.4, 0.5) is 11.4 Å². The molecule has 0 aliphatic rings. The van der Waals surface area contributed by atoms with Gasteiger partial charge < -0.3 is 10.1 Å². The number of nitro groups is 1. The molecule has 1 N–H and O–H groups in total. The lowest BCUT2D eigenvalue weighted by Crippen LogP contribution is -2.13. The molecule has 8 heteroatoms. The van der Waals surface area contributed by atoms with E-state index in [1.807, 2.05) is 0 Å². The average Bonchev–Trinajstić information content (AvgIpc) is 2.50. The number of carbonyl (C=O) groups excluding carboxylic acids is 1. The first-order valence-electron chi connectivity index (χ1n) is 6.43. The molecule has 120 valence electrons. The van der Waals surface area contributed by atoms with E-state index in [9.17, 15) is 14.9 Å². The Morgan fingerprint density at radius 1 is 1.22 bits per heavy atom. The van der Waals surface area contributed by atoms with Crippen LogP contribution in [0.15, 0.2) is 30.3 Å². The third-order valence-electron chi connectivity index (χ3n) is 3.13. The number of anilines is 1. The number of nitrogens with zero attached hydrogens (tertiary/aromatic N) is 1. The molecule has 0 saturated carbocycles. The van der Waals surface area contributed by atoms with Gasteiger partial charge in [-0.2, -0.15) is 0 Å². The fourth-order valence-electron chi connectivity index (χ4n) is 1.92. The normalized spacial score (nSPS) is 10.3. The fourth-order valence-corrected chi connectivity index (χ4v) is 2.28. The first-order chi connectivity index (χ1) is 10.8. The van der Waals surface area contributed by atoms with E-state index < -0.39 is 10.8 Å². The highest BCUT2D eigenvalue weighted by molar-refractivity contribution is 6.34. The molecule has 0 radical (unpaired) electrons. The molecule has 0 aliphatic carbocycles. The van der Waals surface area contributed by atoms with Crippen LogP contribution >= 0.6 is 23.2 Å². The number of halogens is 2. The van der Waals surface area contributed by atoms with Gasteiger partial charge in [-0.3, -0.25) is 14.9 Å². The number of ether oxygens (including phenoxy) is 1. The van der Waals surface area contributed by atoms with Crippen LogP contribution in [0.5, 0.6) is 5.75 Å². The van der Waals surface area contributed by atoms with Crippen molar-refractivity contribution in [2.75, 3.05) is 12.4 Å². The van der Waals surface area contributed by atoms with Crippen molar-refractivity contribution in [2.24, 2.45) is 0 Å². The maximum absolute atomic E-state index is 12.4. The Morgan fingerprint density at radius 2 is 1.91 bits per heavy atom. The molecule has 0 fully saturated rings. The highest BCUT2D eigenvalue weighted by atomic mass is 35.5. The Morgan fingerprint density at radius 3 is 2.52 bits per heavy atom. The zero-order valence-electron chi connectivity index (χ0n) is 12.2. The summed E-state index contributed by atoms with van der Waals surface area (Å²) in [5.74, 6) is -0.214. The van der Waals surface area contributed by atoms with E-state index in [4.69, 9.17) is 27.9 Å². The van der Waals surface area contributed by atoms with Crippen LogP contribution in [0.2, 0.25) is 10.0 Å². The Balaban J connectivity index is 2.38. The van der Waals surface area contributed by atoms with Crippen molar-refractivity contribution in [3.8, 4) is 5.75 Å². The molecule has 0 unspecified atom stereocenters. The van der Waals surface area contributed by atoms with Crippen LogP contribution in [0, 0.1) is 17.0 Å². The molecule has 0 spiro atoms. The van der Waals surface area contributed by atoms with Gasteiger partial charge in [0.2, 0.25) is 0 Å². The highest BCUT2D eigenvalue weighted by Crippen LogP contribution is 2.32. The second kappa shape index (κ2) is 6.85. The number of nitrogens with one attached hydrogen (secondary N) is 1. The second-order valence-corrected chi connectivity index (χ2v) is 5.49. The van der Waals surface area contributed by atoms with Crippen molar-refractivity contribution in [1.29, 1.82) is 0 Å². The molecule has 23 heavy (non-hydrogen) atoms. The minimum atomic E-state index is -0.597. The molecule has 0 saturated heterocycles. The first kappa shape index (κ1) is 17.1. The summed E-state index contributed by atoms with van der Waals surface area (Å²) in [5.41, 5.74) is 0.907. The van der Waals surface area contributed by atoms with Crippen LogP contribution in [0.1, 0.15) is 15.9 Å². The maximum Gasteiger partial charge on any atom is 0.270 e. The summed E-state index contributed by atoms with van der Waals surface area (Å²) in [6.07, 6.45) is 0. The molecule has 0 bridgehead atoms. The van der Waals surface area contributed by atoms with Gasteiger partial charge in [-0.1, -0.05) is 23.2 Å². The second-order valence-electron chi connectivity index (χ2n) is 4.68. The van der Waals surface area contributed by atoms with Crippen LogP contribution in [0.3, 0.4) is 0 Å². The van der Waals surface area contributed by atoms with E-state index in [1.54, 1.807) is 19.1 Å². The summed E-state index contributed by atoms with van der Waals surface area (Å²) in [6, 6.07) is 6.86. The number of aryl methyl sites for hydroxylation is 1. The van der Waals surface area contributed by atoms with Gasteiger partial charge in [0, 0.05) is 23.2 Å². The minimum absolute atomic E-state index is 0.00415. The molecule has 0 heterocycles. The quantitative estimate of drug-likeness (QED) is 0.648. The number of nitro benzene ring substituents is 1. The lowest BCUT2D eigenvalue weighted by Gasteiger charge is -2.12. The molecule has 0 aliphatic heterocycles. The smallest absolute Gasteiger partial charge is 0.270 e. The Kier molecular flexibility index (Phi) is 5.08. The number of non-ortho nitro benzene ring substituents is 1. The maximum atomic E-state index is 12.4. The Labute approximate surface area is 142 Å². The van der Waals surface area contributed by atoms with Gasteiger partial charge in [0.15, 0.2) is 0 Å². The molecular weight excluding hydrogens is 343 g/mol. The third kappa shape index (κ3) is 3.72. The van der Waals surface area contributed by atoms with E-state index in [0.717, 1.165) is 11.6 Å². The van der Waals surface area contributed by atoms with E-state index in [-0.39, 0.29) is 16.3 Å². The van der Waals surface area contributed by atoms with Gasteiger partial charge in [0.05, 0.1) is 28.3 Å². The molecule has 0 aromatic heterocycles. The van der Waals surface area contributed by atoms with Gasteiger partial charge >= 0.3 is 0 Å². The molecule has 2 rings (SSSR count). The van der Waals surface area contributed by atoms with E-state index in [2.05, 4.69) is 5.32 Å². The predicted octanol–water partition coefficient (Wildman–Crippen LogP) is 4.47. The number of rotatable bonds is 4. The Hall–Kier alpha value is -2.31. The van der Waals surface area contributed by atoms with E-state index >= 15 is 0 Å². The van der Waals surface area contributed by atoms with E-state index in [1.165, 1.54) is 19.2 Å². The molecule has 2 aromatic carbocycles.